The van der Waals surface area contributed by atoms with Crippen LogP contribution < -0.4 is 36.9 Å². The molecule has 1 aromatic heterocycles. The number of carbonyl (C=O) groups is 1. The SMILES string of the molecule is CCN(C(=O)c1cn(-c2cc(OC)cc(OCc3ccccc3C[N+]34CCC(CC3)CC4)c2)c2cc(OC)ccc2c1=O)c1cc(F)cc(F)c1.[Cl-]. The fourth-order valence-corrected chi connectivity index (χ4v) is 7.73. The Kier molecular flexibility index (Phi) is 10.9. The lowest BCUT2D eigenvalue weighted by Gasteiger charge is -2.49. The van der Waals surface area contributed by atoms with Crippen molar-refractivity contribution >= 4 is 22.5 Å². The van der Waals surface area contributed by atoms with Gasteiger partial charge in [0, 0.05) is 59.7 Å². The van der Waals surface area contributed by atoms with Gasteiger partial charge in [0.15, 0.2) is 0 Å². The summed E-state index contributed by atoms with van der Waals surface area (Å²) >= 11 is 0. The van der Waals surface area contributed by atoms with Crippen molar-refractivity contribution in [1.29, 1.82) is 0 Å². The minimum atomic E-state index is -0.828. The molecule has 8 nitrogen and oxygen atoms in total. The van der Waals surface area contributed by atoms with Gasteiger partial charge in [-0.1, -0.05) is 24.3 Å². The second kappa shape index (κ2) is 15.4. The van der Waals surface area contributed by atoms with Crippen LogP contribution in [0.5, 0.6) is 17.2 Å². The minimum Gasteiger partial charge on any atom is -1.00 e. The molecule has 0 unspecified atom stereocenters. The Labute approximate surface area is 308 Å². The van der Waals surface area contributed by atoms with Crippen molar-refractivity contribution in [3.63, 3.8) is 0 Å². The van der Waals surface area contributed by atoms with Crippen LogP contribution in [0.3, 0.4) is 0 Å². The first-order valence-electron chi connectivity index (χ1n) is 17.4. The van der Waals surface area contributed by atoms with E-state index in [2.05, 4.69) is 18.2 Å². The zero-order chi connectivity index (χ0) is 35.7. The van der Waals surface area contributed by atoms with Gasteiger partial charge in [0.1, 0.15) is 47.6 Å². The number of halogens is 3. The number of rotatable bonds is 11. The fraction of sp³-hybridized carbons (Fsp3) is 0.317. The highest BCUT2D eigenvalue weighted by Gasteiger charge is 2.39. The number of benzene rings is 4. The molecule has 2 bridgehead atoms. The van der Waals surface area contributed by atoms with Crippen LogP contribution in [0.4, 0.5) is 14.5 Å². The van der Waals surface area contributed by atoms with E-state index in [4.69, 9.17) is 14.2 Å². The lowest BCUT2D eigenvalue weighted by Crippen LogP contribution is -3.00. The van der Waals surface area contributed by atoms with E-state index >= 15 is 0 Å². The number of nitrogens with zero attached hydrogens (tertiary/aromatic N) is 3. The third-order valence-electron chi connectivity index (χ3n) is 10.6. The minimum absolute atomic E-state index is 0. The van der Waals surface area contributed by atoms with Gasteiger partial charge < -0.3 is 40.6 Å². The third-order valence-corrected chi connectivity index (χ3v) is 10.6. The van der Waals surface area contributed by atoms with E-state index < -0.39 is 23.0 Å². The van der Waals surface area contributed by atoms with Crippen molar-refractivity contribution in [2.45, 2.75) is 39.3 Å². The number of piperidine rings is 3. The van der Waals surface area contributed by atoms with Crippen LogP contribution in [0.15, 0.2) is 89.9 Å². The number of pyridine rings is 1. The standard InChI is InChI=1S/C41H42F2N3O5.ClH/c1-4-44(32-18-30(42)17-31(43)19-32)41(48)38-24-45(39-23-34(49-2)9-10-37(39)40(38)47)33-20-35(50-3)22-36(21-33)51-26-29-8-6-5-7-28(29)25-46-14-11-27(12-15-46)13-16-46;/h5-10,17-24,27H,4,11-16,25-26H2,1-3H3;1H/q+1;/p-1. The molecule has 52 heavy (non-hydrogen) atoms. The summed E-state index contributed by atoms with van der Waals surface area (Å²) in [7, 11) is 3.10. The van der Waals surface area contributed by atoms with Crippen LogP contribution in [0.25, 0.3) is 16.6 Å². The molecule has 3 saturated heterocycles. The van der Waals surface area contributed by atoms with Gasteiger partial charge in [-0.2, -0.15) is 0 Å². The number of methoxy groups -OCH3 is 2. The monoisotopic (exact) mass is 729 g/mol. The van der Waals surface area contributed by atoms with Crippen LogP contribution in [-0.4, -0.2) is 55.4 Å². The molecule has 3 aliphatic rings. The number of quaternary nitrogens is 1. The maximum atomic E-state index is 14.2. The maximum absolute atomic E-state index is 14.2. The number of hydrogen-bond donors (Lipinski definition) is 0. The number of anilines is 1. The molecule has 8 rings (SSSR count). The van der Waals surface area contributed by atoms with Gasteiger partial charge in [0.25, 0.3) is 5.91 Å². The van der Waals surface area contributed by atoms with E-state index in [1.807, 2.05) is 12.1 Å². The molecule has 0 saturated carbocycles. The Morgan fingerprint density at radius 3 is 2.15 bits per heavy atom. The molecule has 0 radical (unpaired) electrons. The number of amides is 1. The molecule has 0 atom stereocenters. The predicted octanol–water partition coefficient (Wildman–Crippen LogP) is 4.67. The molecule has 11 heteroatoms. The van der Waals surface area contributed by atoms with Crippen molar-refractivity contribution in [2.75, 3.05) is 45.3 Å². The largest absolute Gasteiger partial charge is 1.00 e. The molecule has 0 spiro atoms. The molecule has 272 valence electrons. The van der Waals surface area contributed by atoms with Crippen molar-refractivity contribution in [2.24, 2.45) is 5.92 Å². The van der Waals surface area contributed by atoms with Crippen LogP contribution in [0.2, 0.25) is 0 Å². The lowest BCUT2D eigenvalue weighted by atomic mass is 9.85. The predicted molar refractivity (Wildman–Crippen MR) is 193 cm³/mol. The van der Waals surface area contributed by atoms with Crippen LogP contribution in [-0.2, 0) is 13.2 Å². The summed E-state index contributed by atoms with van der Waals surface area (Å²) in [6.45, 7) is 6.79. The topological polar surface area (TPSA) is 70.0 Å². The normalized spacial score (nSPS) is 17.8. The smallest absolute Gasteiger partial charge is 0.263 e. The van der Waals surface area contributed by atoms with Gasteiger partial charge in [0.05, 0.1) is 45.1 Å². The van der Waals surface area contributed by atoms with Crippen molar-refractivity contribution in [1.82, 2.24) is 4.57 Å². The number of ether oxygens (including phenoxy) is 3. The van der Waals surface area contributed by atoms with Gasteiger partial charge in [0.2, 0.25) is 5.43 Å². The van der Waals surface area contributed by atoms with E-state index in [1.54, 1.807) is 48.9 Å². The van der Waals surface area contributed by atoms with Crippen LogP contribution in [0, 0.1) is 17.6 Å². The van der Waals surface area contributed by atoms with Gasteiger partial charge in [-0.05, 0) is 61.9 Å². The second-order valence-corrected chi connectivity index (χ2v) is 13.6. The first kappa shape index (κ1) is 36.8. The molecule has 0 N–H and O–H groups in total. The highest BCUT2D eigenvalue weighted by molar-refractivity contribution is 6.07. The molecule has 3 aliphatic heterocycles. The lowest BCUT2D eigenvalue weighted by molar-refractivity contribution is -0.955. The first-order valence-corrected chi connectivity index (χ1v) is 17.4. The summed E-state index contributed by atoms with van der Waals surface area (Å²) in [5, 5.41) is 0.261. The van der Waals surface area contributed by atoms with Crippen LogP contribution >= 0.6 is 0 Å². The molecule has 5 aromatic rings. The quantitative estimate of drug-likeness (QED) is 0.185. The molecule has 3 fully saturated rings. The number of carbonyl (C=O) groups excluding carboxylic acids is 1. The number of aromatic nitrogens is 1. The van der Waals surface area contributed by atoms with Crippen LogP contribution in [0.1, 0.15) is 47.7 Å². The van der Waals surface area contributed by atoms with E-state index in [1.165, 1.54) is 62.7 Å². The summed E-state index contributed by atoms with van der Waals surface area (Å²) in [5.41, 5.74) is 2.78. The average molecular weight is 730 g/mol. The summed E-state index contributed by atoms with van der Waals surface area (Å²) in [5.74, 6) is 0.108. The zero-order valence-electron chi connectivity index (χ0n) is 29.5. The molecular formula is C41H42ClF2N3O5. The molecule has 1 amide bonds. The van der Waals surface area contributed by atoms with Gasteiger partial charge in [-0.25, -0.2) is 8.78 Å². The Morgan fingerprint density at radius 2 is 1.50 bits per heavy atom. The number of hydrogen-bond acceptors (Lipinski definition) is 5. The van der Waals surface area contributed by atoms with E-state index in [0.717, 1.165) is 40.7 Å². The highest BCUT2D eigenvalue weighted by Crippen LogP contribution is 2.36. The fourth-order valence-electron chi connectivity index (χ4n) is 7.73. The molecule has 4 aromatic carbocycles. The van der Waals surface area contributed by atoms with E-state index in [9.17, 15) is 18.4 Å². The second-order valence-electron chi connectivity index (χ2n) is 13.6. The Bertz CT molecular complexity index is 2130. The highest BCUT2D eigenvalue weighted by atomic mass is 35.5. The van der Waals surface area contributed by atoms with Crippen molar-refractivity contribution in [3.8, 4) is 22.9 Å². The van der Waals surface area contributed by atoms with Gasteiger partial charge in [-0.3, -0.25) is 9.59 Å². The Hall–Kier alpha value is -4.93. The summed E-state index contributed by atoms with van der Waals surface area (Å²) < 4.78 is 48.9. The summed E-state index contributed by atoms with van der Waals surface area (Å²) in [4.78, 5) is 29.1. The van der Waals surface area contributed by atoms with Gasteiger partial charge in [-0.15, -0.1) is 0 Å². The first-order chi connectivity index (χ1) is 24.7. The van der Waals surface area contributed by atoms with Crippen molar-refractivity contribution < 1.29 is 44.7 Å². The van der Waals surface area contributed by atoms with Gasteiger partial charge >= 0.3 is 0 Å². The third kappa shape index (κ3) is 7.36. The average Bonchev–Trinajstić information content (AvgIpc) is 3.14. The number of fused-ring (bicyclic) bond motifs is 4. The van der Waals surface area contributed by atoms with Crippen molar-refractivity contribution in [3.05, 3.63) is 124 Å². The Morgan fingerprint density at radius 1 is 0.846 bits per heavy atom. The summed E-state index contributed by atoms with van der Waals surface area (Å²) in [6, 6.07) is 21.7. The zero-order valence-corrected chi connectivity index (χ0v) is 30.3. The summed E-state index contributed by atoms with van der Waals surface area (Å²) in [6.07, 6.45) is 5.38. The Balaban J connectivity index is 0.00000464. The molecule has 4 heterocycles. The maximum Gasteiger partial charge on any atom is 0.263 e. The molecular weight excluding hydrogens is 688 g/mol. The molecule has 0 aliphatic carbocycles. The van der Waals surface area contributed by atoms with E-state index in [0.29, 0.717) is 35.1 Å². The van der Waals surface area contributed by atoms with E-state index in [-0.39, 0.29) is 35.6 Å².